The van der Waals surface area contributed by atoms with Gasteiger partial charge >= 0.3 is 39.6 Å². The summed E-state index contributed by atoms with van der Waals surface area (Å²) in [7, 11) is -22.6. The Hall–Kier alpha value is -10.2. The molecule has 2 aliphatic heterocycles. The molecule has 644 valence electrons. The molecule has 4 bridgehead atoms. The number of alkyl halides is 6. The van der Waals surface area contributed by atoms with Crippen LogP contribution in [0.2, 0.25) is 0 Å². The Bertz CT molecular complexity index is 5190. The van der Waals surface area contributed by atoms with Gasteiger partial charge in [0, 0.05) is 23.7 Å². The average molecular weight is 1830 g/mol. The van der Waals surface area contributed by atoms with Gasteiger partial charge in [0.2, 0.25) is 29.1 Å². The number of halogens is 11. The minimum atomic E-state index is -6.38. The zero-order chi connectivity index (χ0) is 88.3. The summed E-state index contributed by atoms with van der Waals surface area (Å²) in [5, 5.41) is -16.5. The predicted octanol–water partition coefficient (Wildman–Crippen LogP) is 14.6. The molecule has 4 aliphatic carbocycles. The Labute approximate surface area is 700 Å². The van der Waals surface area contributed by atoms with E-state index in [9.17, 15) is 115 Å². The van der Waals surface area contributed by atoms with Crippen molar-refractivity contribution < 1.29 is 143 Å². The molecule has 2 saturated heterocycles. The number of ether oxygens (including phenoxy) is 5. The first-order valence-electron chi connectivity index (χ1n) is 36.3. The molecule has 4 saturated carbocycles. The van der Waals surface area contributed by atoms with Gasteiger partial charge in [-0.1, -0.05) is 164 Å². The SMILES string of the molecule is O=C(OC1C2CC3C1OS(=O)(=O)C3C2)C(F)(F)S(=O)(=O)[O-].O=C(OCCOc1c(F)c(F)c(F)c(F)c1F)C(F)(F)S(=O)(=O)[O-].O=C1OC2C3CC(CC13)C2OC(=O)C(F)(F)S(=O)(=O)[O-].c1ccc([S+](c2ccccc2)c2ccccc2)cc1.c1ccc([S+](c2ccccc2)c2ccccc2)cc1.c1ccc([S+](c2ccccc2)c2ccccc2)cc1. The van der Waals surface area contributed by atoms with E-state index >= 15 is 0 Å². The molecule has 0 amide bonds. The highest BCUT2D eigenvalue weighted by Crippen LogP contribution is 2.57. The molecule has 0 radical (unpaired) electrons. The molecule has 10 atom stereocenters. The first-order chi connectivity index (χ1) is 57.7. The van der Waals surface area contributed by atoms with Crippen LogP contribution in [0.5, 0.6) is 5.75 Å². The molecule has 21 nitrogen and oxygen atoms in total. The van der Waals surface area contributed by atoms with E-state index in [4.69, 9.17) is 8.92 Å². The molecule has 39 heteroatoms. The van der Waals surface area contributed by atoms with E-state index in [1.807, 2.05) is 0 Å². The van der Waals surface area contributed by atoms with Crippen LogP contribution in [-0.4, -0.2) is 130 Å². The van der Waals surface area contributed by atoms with Gasteiger partial charge in [0.25, 0.3) is 10.1 Å². The third-order valence-corrected chi connectivity index (χ3v) is 30.4. The van der Waals surface area contributed by atoms with Crippen LogP contribution in [0.25, 0.3) is 0 Å². The van der Waals surface area contributed by atoms with Gasteiger partial charge in [-0.3, -0.25) is 8.98 Å². The quantitative estimate of drug-likeness (QED) is 0.00742. The monoisotopic (exact) mass is 1830 g/mol. The van der Waals surface area contributed by atoms with Crippen LogP contribution in [0.4, 0.5) is 48.3 Å². The second kappa shape index (κ2) is 39.1. The van der Waals surface area contributed by atoms with Crippen molar-refractivity contribution in [3.05, 3.63) is 302 Å². The topological polar surface area (TPSA) is 329 Å². The number of esters is 4. The predicted molar refractivity (Wildman–Crippen MR) is 414 cm³/mol. The van der Waals surface area contributed by atoms with Crippen LogP contribution < -0.4 is 4.74 Å². The maximum absolute atomic E-state index is 13.1. The number of hydrogen-bond acceptors (Lipinski definition) is 21. The Morgan fingerprint density at radius 2 is 0.639 bits per heavy atom. The first kappa shape index (κ1) is 92.5. The third-order valence-electron chi connectivity index (χ3n) is 19.5. The lowest BCUT2D eigenvalue weighted by Gasteiger charge is -2.27. The molecule has 10 aromatic carbocycles. The summed E-state index contributed by atoms with van der Waals surface area (Å²) in [4.78, 5) is 56.8. The third kappa shape index (κ3) is 21.0. The van der Waals surface area contributed by atoms with E-state index in [1.54, 1.807) is 0 Å². The molecule has 122 heavy (non-hydrogen) atoms. The van der Waals surface area contributed by atoms with Gasteiger partial charge in [0.1, 0.15) is 37.6 Å². The highest BCUT2D eigenvalue weighted by Gasteiger charge is 2.67. The summed E-state index contributed by atoms with van der Waals surface area (Å²) in [5.74, 6) is -23.6. The second-order valence-electron chi connectivity index (χ2n) is 27.2. The van der Waals surface area contributed by atoms with Crippen molar-refractivity contribution in [3.63, 3.8) is 0 Å². The minimum absolute atomic E-state index is 0.0146. The van der Waals surface area contributed by atoms with Crippen molar-refractivity contribution in [3.8, 4) is 5.75 Å². The van der Waals surface area contributed by atoms with Gasteiger partial charge in [-0.15, -0.1) is 0 Å². The fourth-order valence-electron chi connectivity index (χ4n) is 14.1. The van der Waals surface area contributed by atoms with Crippen molar-refractivity contribution in [2.24, 2.45) is 29.6 Å². The van der Waals surface area contributed by atoms with Crippen molar-refractivity contribution >= 4 is 97.0 Å². The fraction of sp³-hybridized carbons (Fsp3) is 0.229. The van der Waals surface area contributed by atoms with Crippen LogP contribution in [0.3, 0.4) is 0 Å². The van der Waals surface area contributed by atoms with Gasteiger partial charge in [-0.25, -0.2) is 52.8 Å². The zero-order valence-electron chi connectivity index (χ0n) is 62.6. The zero-order valence-corrected chi connectivity index (χ0v) is 68.3. The van der Waals surface area contributed by atoms with Crippen LogP contribution in [0.15, 0.2) is 317 Å². The normalized spacial score (nSPS) is 20.7. The van der Waals surface area contributed by atoms with E-state index < -0.39 is 170 Å². The summed E-state index contributed by atoms with van der Waals surface area (Å²) in [6.07, 6.45) is -3.04. The van der Waals surface area contributed by atoms with Crippen molar-refractivity contribution in [1.82, 2.24) is 0 Å². The molecule has 0 aromatic heterocycles. The molecule has 0 spiro atoms. The Balaban J connectivity index is 0.000000143. The number of carbonyl (C=O) groups is 4. The van der Waals surface area contributed by atoms with Crippen LogP contribution in [-0.2, 0) is 115 Å². The average Bonchev–Trinajstić information content (AvgIpc) is 1.55. The summed E-state index contributed by atoms with van der Waals surface area (Å²) >= 11 is 0. The molecular weight excluding hydrogens is 1770 g/mol. The summed E-state index contributed by atoms with van der Waals surface area (Å²) in [5.41, 5.74) is 0. The Morgan fingerprint density at radius 1 is 0.377 bits per heavy atom. The number of fused-ring (bicyclic) bond motifs is 2. The van der Waals surface area contributed by atoms with Crippen molar-refractivity contribution in [2.45, 2.75) is 115 Å². The molecule has 2 heterocycles. The molecule has 6 aliphatic rings. The standard InChI is InChI=1S/3C18H15S.C10H5F7O6S.C10H10F2O7S.C9H10F2O8S2/c3*1-4-10-16(11-5-1)19(17-12-6-2-7-13-17)18-14-8-3-9-15-18;11-3-4(12)6(14)8(7(15)5(3)13)22-1-2-23-9(18)10(16,17)24(19,20)21;11-10(12,20(15,16)17)9(14)19-6-3-1-4-5(2-3)8(13)18-7(4)6;10-9(11,21(15,16)17)8(12)18-6-3-1-4-5(2-3)20(13,14)19-7(4)6/h3*1-15H;1-2H2,(H,19,20,21);3-7H,1-2H2,(H,15,16,17);3-7H,1-2H2,(H,15,16,17)/q3*+1;;;/p-3. The molecular formula is C83H67F11O21S7. The number of benzene rings is 10. The van der Waals surface area contributed by atoms with Crippen LogP contribution in [0.1, 0.15) is 25.7 Å². The molecule has 10 unspecified atom stereocenters. The van der Waals surface area contributed by atoms with Gasteiger partial charge in [0.05, 0.1) is 43.9 Å². The van der Waals surface area contributed by atoms with Gasteiger partial charge in [-0.2, -0.15) is 43.5 Å². The number of hydrogen-bond donors (Lipinski definition) is 0. The van der Waals surface area contributed by atoms with E-state index in [0.29, 0.717) is 19.3 Å². The highest BCUT2D eigenvalue weighted by atomic mass is 32.2. The summed E-state index contributed by atoms with van der Waals surface area (Å²) in [6.45, 7) is -2.48. The molecule has 16 rings (SSSR count). The maximum atomic E-state index is 13.1. The first-order valence-corrected chi connectivity index (χ1v) is 45.7. The number of rotatable bonds is 21. The lowest BCUT2D eigenvalue weighted by molar-refractivity contribution is -0.176. The summed E-state index contributed by atoms with van der Waals surface area (Å²) in [6, 6.07) is 96.5. The fourth-order valence-corrected chi connectivity index (χ4v) is 23.1. The number of carbonyl (C=O) groups excluding carboxylic acids is 4. The smallest absolute Gasteiger partial charge is 0.428 e. The van der Waals surface area contributed by atoms with Crippen LogP contribution in [0, 0.1) is 58.7 Å². The van der Waals surface area contributed by atoms with Crippen molar-refractivity contribution in [1.29, 1.82) is 0 Å². The molecule has 10 aromatic rings. The lowest BCUT2D eigenvalue weighted by atomic mass is 9.88. The van der Waals surface area contributed by atoms with Gasteiger partial charge < -0.3 is 37.3 Å². The Kier molecular flexibility index (Phi) is 29.7. The van der Waals surface area contributed by atoms with Gasteiger partial charge in [-0.05, 0) is 135 Å². The molecule has 6 fully saturated rings. The van der Waals surface area contributed by atoms with E-state index in [0.717, 1.165) is 0 Å². The maximum Gasteiger partial charge on any atom is 0.428 e. The van der Waals surface area contributed by atoms with E-state index in [-0.39, 0.29) is 56.9 Å². The van der Waals surface area contributed by atoms with Gasteiger partial charge in [0.15, 0.2) is 80.2 Å². The van der Waals surface area contributed by atoms with E-state index in [1.165, 1.54) is 44.1 Å². The second-order valence-corrected chi connectivity index (χ2v) is 39.3. The highest BCUT2D eigenvalue weighted by molar-refractivity contribution is 7.97. The van der Waals surface area contributed by atoms with Crippen molar-refractivity contribution in [2.75, 3.05) is 13.2 Å². The Morgan fingerprint density at radius 3 is 0.934 bits per heavy atom. The molecule has 0 N–H and O–H groups in total. The minimum Gasteiger partial charge on any atom is -0.743 e. The largest absolute Gasteiger partial charge is 0.743 e. The van der Waals surface area contributed by atoms with Crippen LogP contribution >= 0.6 is 0 Å². The lowest BCUT2D eigenvalue weighted by Crippen LogP contribution is -2.45. The van der Waals surface area contributed by atoms with E-state index in [2.05, 4.69) is 292 Å². The summed E-state index contributed by atoms with van der Waals surface area (Å²) < 4.78 is 284.